The Morgan fingerprint density at radius 3 is 1.68 bits per heavy atom. The number of cyclic esters (lactones) is 1. The molecule has 4 rings (SSSR count). The number of Topliss-reactive ketones (excluding diaryl/α,β-unsaturated/α-hetero) is 2. The maximum Gasteiger partial charge on any atom is 0.329 e. The van der Waals surface area contributed by atoms with Crippen LogP contribution in [0.2, 0.25) is 0 Å². The smallest absolute Gasteiger partial charge is 0.329 e. The van der Waals surface area contributed by atoms with E-state index < -0.39 is 133 Å². The van der Waals surface area contributed by atoms with E-state index in [0.717, 1.165) is 49.0 Å². The highest BCUT2D eigenvalue weighted by Crippen LogP contribution is 2.40. The molecule has 0 spiro atoms. The molecule has 1 aliphatic carbocycles. The van der Waals surface area contributed by atoms with E-state index in [2.05, 4.69) is 20.4 Å². The van der Waals surface area contributed by atoms with E-state index in [1.165, 1.54) is 130 Å². The van der Waals surface area contributed by atoms with Crippen molar-refractivity contribution in [3.63, 3.8) is 0 Å². The second kappa shape index (κ2) is 53.9. The van der Waals surface area contributed by atoms with Crippen LogP contribution in [0.15, 0.2) is 36.0 Å². The molecule has 0 radical (unpaired) electrons. The van der Waals surface area contributed by atoms with Crippen molar-refractivity contribution in [3.05, 3.63) is 36.0 Å². The zero-order valence-electron chi connectivity index (χ0n) is 68.1. The first-order chi connectivity index (χ1) is 51.4. The molecule has 1 unspecified atom stereocenters. The molecule has 2 N–H and O–H groups in total. The van der Waals surface area contributed by atoms with Gasteiger partial charge in [-0.15, -0.1) is 6.58 Å². The van der Waals surface area contributed by atoms with Gasteiger partial charge in [-0.2, -0.15) is 0 Å². The minimum absolute atomic E-state index is 0.00538. The van der Waals surface area contributed by atoms with Gasteiger partial charge in [-0.3, -0.25) is 33.6 Å². The number of aliphatic hydroxyl groups is 2. The number of ketones is 2. The SMILES string of the molecule is C=CC[C@@H]1/C=C(\C)C[C@H](C)C[C@H](OC)[C@H]2O[C@@](O)(C(=O)C(=O)N3CCCC[C@H]3C(=O)O[C@H](/C(C)=C/[C@@H]3CC[C@@H](O)[C@H](OC)C3)[C@H](C)[C@@H](OCOC(=O)CC(C)CC(=O)OC(COC(=O)CCCCCCCCCCCCCCC)COC(=O)CCCCCCCCCCCCCCC)CC1=O)[C@H](C)C[C@@H]2OC. The predicted octanol–water partition coefficient (Wildman–Crippen LogP) is 16.5. The molecule has 0 aromatic rings. The van der Waals surface area contributed by atoms with Crippen LogP contribution in [0.5, 0.6) is 0 Å². The molecule has 614 valence electrons. The van der Waals surface area contributed by atoms with Crippen molar-refractivity contribution >= 4 is 47.3 Å². The van der Waals surface area contributed by atoms with E-state index in [4.69, 9.17) is 47.4 Å². The van der Waals surface area contributed by atoms with Crippen LogP contribution in [0.1, 0.15) is 319 Å². The van der Waals surface area contributed by atoms with Gasteiger partial charge in [-0.05, 0) is 114 Å². The van der Waals surface area contributed by atoms with Gasteiger partial charge < -0.3 is 62.5 Å². The van der Waals surface area contributed by atoms with Crippen molar-refractivity contribution in [2.75, 3.05) is 47.9 Å². The fraction of sp³-hybridized carbons (Fsp3) is 0.837. The molecule has 0 aromatic carbocycles. The first-order valence-corrected chi connectivity index (χ1v) is 41.9. The first kappa shape index (κ1) is 94.5. The summed E-state index contributed by atoms with van der Waals surface area (Å²) in [5.41, 5.74) is 1.47. The van der Waals surface area contributed by atoms with Gasteiger partial charge in [0.15, 0.2) is 12.9 Å². The van der Waals surface area contributed by atoms with E-state index in [1.54, 1.807) is 40.9 Å². The number of amides is 1. The second-order valence-electron chi connectivity index (χ2n) is 32.0. The Labute approximate surface area is 643 Å². The number of hydrogen-bond acceptors (Lipinski definition) is 20. The lowest BCUT2D eigenvalue weighted by molar-refractivity contribution is -0.302. The molecule has 1 saturated carbocycles. The van der Waals surface area contributed by atoms with Gasteiger partial charge in [0.05, 0.1) is 30.5 Å². The number of hydrogen-bond donors (Lipinski definition) is 2. The Morgan fingerprint density at radius 1 is 0.645 bits per heavy atom. The van der Waals surface area contributed by atoms with Crippen molar-refractivity contribution in [3.8, 4) is 0 Å². The van der Waals surface area contributed by atoms with Crippen LogP contribution < -0.4 is 0 Å². The van der Waals surface area contributed by atoms with Crippen molar-refractivity contribution in [2.24, 2.45) is 35.5 Å². The summed E-state index contributed by atoms with van der Waals surface area (Å²) in [6.07, 6.45) is 32.8. The Kier molecular flexibility index (Phi) is 47.6. The molecule has 3 heterocycles. The number of carbonyl (C=O) groups is 8. The highest BCUT2D eigenvalue weighted by Gasteiger charge is 2.57. The summed E-state index contributed by atoms with van der Waals surface area (Å²) >= 11 is 0. The van der Waals surface area contributed by atoms with Crippen molar-refractivity contribution in [2.45, 2.75) is 379 Å². The standard InChI is InChI=1S/C86H145NO20/c1-13-16-18-20-22-24-26-28-30-32-34-36-38-44-77(90)101-58-69(59-102-78(91)45-39-37-35-33-31-29-27-25-23-21-19-17-14-2)105-80(93)53-63(6)52-79(92)104-60-103-73-57-72(89)68(42-15-3)50-61(4)49-62(5)51-75(99-11)82-76(100-12)55-65(8)86(97,107-82)83(94)84(95)87-48-41-40-43-70(87)85(96)106-81(66(73)9)64(7)54-67-46-47-71(88)74(56-67)98-10/h15,50,54,62-63,65-71,73-76,81-82,88,97H,3,13-14,16-49,51-53,55-60H2,1-2,4-12H3/b61-50+,64-54+/t62-,63?,65+,66+,67-,68+,70-,71+,73-,74+,75-,76-,81+,82+,86+/m0/s1. The van der Waals surface area contributed by atoms with Crippen LogP contribution >= 0.6 is 0 Å². The zero-order valence-corrected chi connectivity index (χ0v) is 68.1. The Hall–Kier alpha value is -4.90. The monoisotopic (exact) mass is 1510 g/mol. The van der Waals surface area contributed by atoms with Gasteiger partial charge >= 0.3 is 29.8 Å². The first-order valence-electron chi connectivity index (χ1n) is 41.9. The van der Waals surface area contributed by atoms with Crippen LogP contribution in [0, 0.1) is 35.5 Å². The molecule has 3 fully saturated rings. The summed E-state index contributed by atoms with van der Waals surface area (Å²) in [6, 6.07) is -1.27. The number of nitrogens with zero attached hydrogens (tertiary/aromatic N) is 1. The molecule has 1 amide bonds. The lowest BCUT2D eigenvalue weighted by atomic mass is 9.81. The molecule has 15 atom stereocenters. The van der Waals surface area contributed by atoms with Crippen LogP contribution in [-0.2, 0) is 85.7 Å². The number of carbonyl (C=O) groups excluding carboxylic acids is 8. The Balaban J connectivity index is 1.53. The predicted molar refractivity (Wildman–Crippen MR) is 413 cm³/mol. The number of unbranched alkanes of at least 4 members (excludes halogenated alkanes) is 24. The Morgan fingerprint density at radius 2 is 1.16 bits per heavy atom. The number of aliphatic hydroxyl groups excluding tert-OH is 1. The molecule has 21 heteroatoms. The fourth-order valence-corrected chi connectivity index (χ4v) is 15.9. The molecule has 4 aliphatic rings. The second-order valence-corrected chi connectivity index (χ2v) is 32.0. The third kappa shape index (κ3) is 35.6. The maximum atomic E-state index is 15.1. The quantitative estimate of drug-likeness (QED) is 0.0143. The third-order valence-electron chi connectivity index (χ3n) is 22.5. The number of ether oxygens (including phenoxy) is 10. The number of methoxy groups -OCH3 is 3. The molecule has 2 saturated heterocycles. The third-order valence-corrected chi connectivity index (χ3v) is 22.5. The van der Waals surface area contributed by atoms with Gasteiger partial charge in [0, 0.05) is 77.7 Å². The fourth-order valence-electron chi connectivity index (χ4n) is 15.9. The van der Waals surface area contributed by atoms with Crippen molar-refractivity contribution < 1.29 is 95.9 Å². The maximum absolute atomic E-state index is 15.1. The topological polar surface area (TPSA) is 273 Å². The summed E-state index contributed by atoms with van der Waals surface area (Å²) in [7, 11) is 4.56. The summed E-state index contributed by atoms with van der Waals surface area (Å²) in [5, 5.41) is 23.2. The van der Waals surface area contributed by atoms with Gasteiger partial charge in [0.1, 0.15) is 37.2 Å². The van der Waals surface area contributed by atoms with Crippen LogP contribution in [0.25, 0.3) is 0 Å². The number of esters is 5. The van der Waals surface area contributed by atoms with E-state index in [-0.39, 0.29) is 88.7 Å². The minimum atomic E-state index is -2.60. The molecule has 2 bridgehead atoms. The molecular weight excluding hydrogens is 1370 g/mol. The lowest BCUT2D eigenvalue weighted by Crippen LogP contribution is -2.64. The Bertz CT molecular complexity index is 2620. The van der Waals surface area contributed by atoms with E-state index in [1.807, 2.05) is 26.0 Å². The van der Waals surface area contributed by atoms with Crippen molar-refractivity contribution in [1.82, 2.24) is 4.90 Å². The lowest BCUT2D eigenvalue weighted by Gasteiger charge is -2.47. The van der Waals surface area contributed by atoms with Crippen LogP contribution in [-0.4, -0.2) is 171 Å². The summed E-state index contributed by atoms with van der Waals surface area (Å²) in [4.78, 5) is 114. The number of allylic oxidation sites excluding steroid dienone is 4. The molecule has 21 nitrogen and oxygen atoms in total. The van der Waals surface area contributed by atoms with Crippen LogP contribution in [0.3, 0.4) is 0 Å². The molecule has 0 aromatic heterocycles. The van der Waals surface area contributed by atoms with E-state index >= 15 is 9.59 Å². The van der Waals surface area contributed by atoms with Gasteiger partial charge in [0.25, 0.3) is 11.7 Å². The minimum Gasteiger partial charge on any atom is -0.462 e. The number of fused-ring (bicyclic) bond motifs is 3. The van der Waals surface area contributed by atoms with Crippen molar-refractivity contribution in [1.29, 1.82) is 0 Å². The number of rotatable bonds is 47. The van der Waals surface area contributed by atoms with E-state index in [0.29, 0.717) is 63.4 Å². The number of piperidine rings is 1. The van der Waals surface area contributed by atoms with Gasteiger partial charge in [-0.25, -0.2) is 4.79 Å². The summed E-state index contributed by atoms with van der Waals surface area (Å²) < 4.78 is 59.9. The van der Waals surface area contributed by atoms with Gasteiger partial charge in [0.2, 0.25) is 5.79 Å². The average Bonchev–Trinajstić information content (AvgIpc) is 0.793. The van der Waals surface area contributed by atoms with Crippen LogP contribution in [0.4, 0.5) is 0 Å². The van der Waals surface area contributed by atoms with Gasteiger partial charge in [-0.1, -0.05) is 219 Å². The largest absolute Gasteiger partial charge is 0.462 e. The summed E-state index contributed by atoms with van der Waals surface area (Å²) in [6.45, 7) is 18.0. The average molecular weight is 1510 g/mol. The normalized spacial score (nSPS) is 27.5. The van der Waals surface area contributed by atoms with E-state index in [9.17, 15) is 39.0 Å². The highest BCUT2D eigenvalue weighted by molar-refractivity contribution is 6.39. The molecule has 107 heavy (non-hydrogen) atoms. The molecular formula is C86H145NO20. The zero-order chi connectivity index (χ0) is 78.5. The molecule has 3 aliphatic heterocycles. The highest BCUT2D eigenvalue weighted by atomic mass is 16.7. The summed E-state index contributed by atoms with van der Waals surface area (Å²) in [5.74, 6) is -11.6.